The minimum Gasteiger partial charge on any atom is -0.475 e. The molecule has 0 aliphatic carbocycles. The molecule has 0 saturated carbocycles. The molecule has 0 bridgehead atoms. The van der Waals surface area contributed by atoms with Crippen molar-refractivity contribution in [3.05, 3.63) is 0 Å². The number of aliphatic carboxylic acids is 1. The fourth-order valence-electron chi connectivity index (χ4n) is 1.35. The van der Waals surface area contributed by atoms with Crippen molar-refractivity contribution in [2.75, 3.05) is 0 Å². The number of carboxylic acids is 1. The van der Waals surface area contributed by atoms with Crippen molar-refractivity contribution in [3.8, 4) is 0 Å². The Morgan fingerprint density at radius 1 is 0.500 bits per heavy atom. The van der Waals surface area contributed by atoms with Crippen LogP contribution in [0, 0.1) is 0 Å². The van der Waals surface area contributed by atoms with Gasteiger partial charge in [0.05, 0.1) is 0 Å². The molecular formula is C11HClF20O6. The Balaban J connectivity index is 7.03. The SMILES string of the molecule is O=C(O)C(F)(F)OC(F)(OC(F)(OC(F)(OC(F)(F)C(F)(F)C(F)(F)Cl)C(F)(F)F)C(F)(F)F)C(F)(F)F. The maximum absolute atomic E-state index is 14.0. The molecule has 0 aromatic carbocycles. The van der Waals surface area contributed by atoms with Crippen LogP contribution in [0.25, 0.3) is 0 Å². The zero-order valence-electron chi connectivity index (χ0n) is 15.9. The fourth-order valence-corrected chi connectivity index (χ4v) is 1.46. The smallest absolute Gasteiger partial charge is 0.475 e. The summed E-state index contributed by atoms with van der Waals surface area (Å²) in [6.07, 6.45) is -38.4. The highest BCUT2D eigenvalue weighted by Gasteiger charge is 2.82. The number of rotatable bonds is 11. The summed E-state index contributed by atoms with van der Waals surface area (Å²) in [5, 5.41) is 1.03. The van der Waals surface area contributed by atoms with Crippen LogP contribution < -0.4 is 0 Å². The third-order valence-corrected chi connectivity index (χ3v) is 3.27. The summed E-state index contributed by atoms with van der Waals surface area (Å²) in [5.74, 6) is -11.7. The highest BCUT2D eigenvalue weighted by molar-refractivity contribution is 6.22. The van der Waals surface area contributed by atoms with Crippen LogP contribution in [0.2, 0.25) is 0 Å². The Bertz CT molecular complexity index is 863. The molecular weight excluding hydrogens is 644 g/mol. The number of ether oxygens (including phenoxy) is 4. The summed E-state index contributed by atoms with van der Waals surface area (Å²) in [5.41, 5.74) is 0. The molecule has 0 heterocycles. The summed E-state index contributed by atoms with van der Waals surface area (Å²) in [7, 11) is 0. The van der Waals surface area contributed by atoms with E-state index in [1.54, 1.807) is 4.74 Å². The monoisotopic (exact) mass is 644 g/mol. The molecule has 0 amide bonds. The van der Waals surface area contributed by atoms with E-state index in [-0.39, 0.29) is 0 Å². The van der Waals surface area contributed by atoms with Gasteiger partial charge in [-0.15, -0.1) is 0 Å². The summed E-state index contributed by atoms with van der Waals surface area (Å²) in [6, 6.07) is -23.8. The van der Waals surface area contributed by atoms with Gasteiger partial charge in [-0.05, 0) is 11.6 Å². The Morgan fingerprint density at radius 2 is 0.763 bits per heavy atom. The van der Waals surface area contributed by atoms with Gasteiger partial charge in [0.2, 0.25) is 0 Å². The predicted octanol–water partition coefficient (Wildman–Crippen LogP) is 6.35. The van der Waals surface area contributed by atoms with Crippen LogP contribution in [0.15, 0.2) is 0 Å². The van der Waals surface area contributed by atoms with E-state index in [2.05, 4.69) is 11.6 Å². The number of halogens is 21. The van der Waals surface area contributed by atoms with Gasteiger partial charge >= 0.3 is 66.1 Å². The first-order chi connectivity index (χ1) is 16.0. The lowest BCUT2D eigenvalue weighted by atomic mass is 10.3. The van der Waals surface area contributed by atoms with Gasteiger partial charge in [-0.3, -0.25) is 0 Å². The maximum atomic E-state index is 14.0. The lowest BCUT2D eigenvalue weighted by Crippen LogP contribution is -2.65. The molecule has 27 heteroatoms. The molecule has 6 nitrogen and oxygen atoms in total. The van der Waals surface area contributed by atoms with E-state index in [0.29, 0.717) is 0 Å². The predicted molar refractivity (Wildman–Crippen MR) is 67.3 cm³/mol. The fraction of sp³-hybridized carbons (Fsp3) is 0.909. The lowest BCUT2D eigenvalue weighted by Gasteiger charge is -2.40. The summed E-state index contributed by atoms with van der Waals surface area (Å²) in [4.78, 5) is 10.0. The van der Waals surface area contributed by atoms with Crippen LogP contribution in [0.4, 0.5) is 87.8 Å². The number of hydrogen-bond acceptors (Lipinski definition) is 5. The lowest BCUT2D eigenvalue weighted by molar-refractivity contribution is -0.621. The Labute approximate surface area is 195 Å². The van der Waals surface area contributed by atoms with E-state index < -0.39 is 66.1 Å². The van der Waals surface area contributed by atoms with E-state index in [4.69, 9.17) is 5.11 Å². The van der Waals surface area contributed by atoms with Crippen molar-refractivity contribution < 1.29 is 117 Å². The zero-order chi connectivity index (χ0) is 31.4. The van der Waals surface area contributed by atoms with Gasteiger partial charge in [0.15, 0.2) is 0 Å². The van der Waals surface area contributed by atoms with E-state index in [1.165, 1.54) is 14.2 Å². The molecule has 0 aliphatic heterocycles. The van der Waals surface area contributed by atoms with Crippen LogP contribution in [0.1, 0.15) is 0 Å². The minimum atomic E-state index is -8.06. The number of alkyl halides is 21. The van der Waals surface area contributed by atoms with Gasteiger partial charge < -0.3 is 5.11 Å². The standard InChI is InChI=1S/C11HClF20O6/c12-4(17,18)3(15,16)8(28,29)36-10(31,6(22,23)24)38-11(32,7(25,26)27)37-9(30,5(19,20)21)35-2(13,14)1(33)34/h(H,33,34). The first kappa shape index (κ1) is 36.2. The minimum absolute atomic E-state index is 1.34. The van der Waals surface area contributed by atoms with Crippen molar-refractivity contribution in [2.24, 2.45) is 0 Å². The van der Waals surface area contributed by atoms with Crippen LogP contribution >= 0.6 is 11.6 Å². The molecule has 38 heavy (non-hydrogen) atoms. The Hall–Kier alpha value is -1.80. The van der Waals surface area contributed by atoms with Crippen molar-refractivity contribution in [1.29, 1.82) is 0 Å². The third-order valence-electron chi connectivity index (χ3n) is 3.03. The van der Waals surface area contributed by atoms with Crippen molar-refractivity contribution >= 4 is 17.6 Å². The van der Waals surface area contributed by atoms with Crippen molar-refractivity contribution in [1.82, 2.24) is 0 Å². The Morgan fingerprint density at radius 3 is 1.00 bits per heavy atom. The molecule has 3 atom stereocenters. The van der Waals surface area contributed by atoms with Crippen LogP contribution in [0.5, 0.6) is 0 Å². The highest BCUT2D eigenvalue weighted by Crippen LogP contribution is 2.55. The van der Waals surface area contributed by atoms with E-state index in [1.807, 2.05) is 0 Å². The van der Waals surface area contributed by atoms with Gasteiger partial charge in [-0.25, -0.2) is 23.7 Å². The van der Waals surface area contributed by atoms with E-state index >= 15 is 0 Å². The zero-order valence-corrected chi connectivity index (χ0v) is 16.7. The van der Waals surface area contributed by atoms with Gasteiger partial charge in [-0.2, -0.15) is 87.8 Å². The van der Waals surface area contributed by atoms with Crippen molar-refractivity contribution in [2.45, 2.75) is 60.2 Å². The second kappa shape index (κ2) is 9.69. The third kappa shape index (κ3) is 7.04. The molecule has 1 N–H and O–H groups in total. The largest absolute Gasteiger partial charge is 0.478 e. The molecule has 0 aliphatic rings. The highest BCUT2D eigenvalue weighted by atomic mass is 35.5. The molecule has 0 radical (unpaired) electrons. The first-order valence-electron chi connectivity index (χ1n) is 7.53. The number of carboxylic acid groups (broad SMARTS) is 1. The average molecular weight is 645 g/mol. The van der Waals surface area contributed by atoms with E-state index in [0.717, 1.165) is 0 Å². The average Bonchev–Trinajstić information content (AvgIpc) is 2.55. The topological polar surface area (TPSA) is 74.2 Å². The summed E-state index contributed by atoms with van der Waals surface area (Å²) in [6.45, 7) is 0. The molecule has 3 unspecified atom stereocenters. The first-order valence-corrected chi connectivity index (χ1v) is 7.91. The number of carbonyl (C=O) groups is 1. The van der Waals surface area contributed by atoms with Crippen LogP contribution in [-0.2, 0) is 23.7 Å². The van der Waals surface area contributed by atoms with Gasteiger partial charge in [0.1, 0.15) is 0 Å². The molecule has 0 spiro atoms. The molecule has 0 rings (SSSR count). The maximum Gasteiger partial charge on any atom is 0.478 e. The molecule has 0 aromatic rings. The van der Waals surface area contributed by atoms with Crippen molar-refractivity contribution in [3.63, 3.8) is 0 Å². The number of hydrogen-bond donors (Lipinski definition) is 1. The van der Waals surface area contributed by atoms with Gasteiger partial charge in [0.25, 0.3) is 0 Å². The van der Waals surface area contributed by atoms with Crippen LogP contribution in [0.3, 0.4) is 0 Å². The summed E-state index contributed by atoms with van der Waals surface area (Å²) < 4.78 is 265. The molecule has 0 aromatic heterocycles. The quantitative estimate of drug-likeness (QED) is 0.161. The Kier molecular flexibility index (Phi) is 9.23. The van der Waals surface area contributed by atoms with Crippen LogP contribution in [-0.4, -0.2) is 71.2 Å². The second-order valence-electron chi connectivity index (χ2n) is 5.92. The normalized spacial score (nSPS) is 19.9. The van der Waals surface area contributed by atoms with Gasteiger partial charge in [-0.1, -0.05) is 0 Å². The molecule has 228 valence electrons. The molecule has 0 saturated heterocycles. The molecule has 0 fully saturated rings. The van der Waals surface area contributed by atoms with E-state index in [9.17, 15) is 92.6 Å². The van der Waals surface area contributed by atoms with Gasteiger partial charge in [0, 0.05) is 0 Å². The summed E-state index contributed by atoms with van der Waals surface area (Å²) >= 11 is 3.41. The second-order valence-corrected chi connectivity index (χ2v) is 6.40.